The molecule has 2 aromatic carbocycles. The Morgan fingerprint density at radius 1 is 1.14 bits per heavy atom. The van der Waals surface area contributed by atoms with Gasteiger partial charge >= 0.3 is 0 Å². The quantitative estimate of drug-likeness (QED) is 0.747. The summed E-state index contributed by atoms with van der Waals surface area (Å²) in [4.78, 5) is 0. The highest BCUT2D eigenvalue weighted by atomic mass is 16.5. The highest BCUT2D eigenvalue weighted by Crippen LogP contribution is 2.29. The first-order valence-corrected chi connectivity index (χ1v) is 7.53. The average Bonchev–Trinajstić information content (AvgIpc) is 2.90. The van der Waals surface area contributed by atoms with Crippen LogP contribution in [0.4, 0.5) is 0 Å². The molecule has 1 unspecified atom stereocenters. The summed E-state index contributed by atoms with van der Waals surface area (Å²) >= 11 is 0. The van der Waals surface area contributed by atoms with Crippen molar-refractivity contribution in [3.63, 3.8) is 0 Å². The van der Waals surface area contributed by atoms with E-state index in [2.05, 4.69) is 31.3 Å². The van der Waals surface area contributed by atoms with E-state index in [0.717, 1.165) is 23.6 Å². The molecule has 1 atom stereocenters. The minimum atomic E-state index is 0.151. The molecule has 3 heteroatoms. The molecule has 0 aliphatic rings. The van der Waals surface area contributed by atoms with E-state index < -0.39 is 0 Å². The molecule has 0 aliphatic carbocycles. The van der Waals surface area contributed by atoms with Crippen molar-refractivity contribution in [2.75, 3.05) is 7.11 Å². The number of aryl methyl sites for hydroxylation is 1. The first-order chi connectivity index (χ1) is 10.7. The van der Waals surface area contributed by atoms with Gasteiger partial charge in [0.15, 0.2) is 0 Å². The number of rotatable bonds is 5. The summed E-state index contributed by atoms with van der Waals surface area (Å²) in [5, 5.41) is 4.71. The SMILES string of the molecule is COc1cccc(CNC(C)c2oc3ccccc3c2C)c1. The third-order valence-electron chi connectivity index (χ3n) is 4.02. The van der Waals surface area contributed by atoms with Gasteiger partial charge in [0, 0.05) is 11.9 Å². The molecule has 22 heavy (non-hydrogen) atoms. The number of hydrogen-bond acceptors (Lipinski definition) is 3. The molecule has 1 N–H and O–H groups in total. The third kappa shape index (κ3) is 2.85. The van der Waals surface area contributed by atoms with Crippen LogP contribution in [-0.4, -0.2) is 7.11 Å². The number of furan rings is 1. The summed E-state index contributed by atoms with van der Waals surface area (Å²) in [6.45, 7) is 5.02. The van der Waals surface area contributed by atoms with Crippen molar-refractivity contribution in [1.29, 1.82) is 0 Å². The Morgan fingerprint density at radius 3 is 2.73 bits per heavy atom. The highest BCUT2D eigenvalue weighted by molar-refractivity contribution is 5.82. The molecule has 0 saturated heterocycles. The van der Waals surface area contributed by atoms with Crippen LogP contribution in [0, 0.1) is 6.92 Å². The van der Waals surface area contributed by atoms with Gasteiger partial charge in [0.25, 0.3) is 0 Å². The zero-order valence-corrected chi connectivity index (χ0v) is 13.2. The number of para-hydroxylation sites is 1. The number of nitrogens with one attached hydrogen (secondary N) is 1. The fourth-order valence-corrected chi connectivity index (χ4v) is 2.75. The molecule has 114 valence electrons. The van der Waals surface area contributed by atoms with E-state index in [1.54, 1.807) is 7.11 Å². The summed E-state index contributed by atoms with van der Waals surface area (Å²) in [6.07, 6.45) is 0. The van der Waals surface area contributed by atoms with Gasteiger partial charge in [-0.15, -0.1) is 0 Å². The highest BCUT2D eigenvalue weighted by Gasteiger charge is 2.15. The van der Waals surface area contributed by atoms with Crippen molar-refractivity contribution < 1.29 is 9.15 Å². The number of hydrogen-bond donors (Lipinski definition) is 1. The standard InChI is InChI=1S/C19H21NO2/c1-13-17-9-4-5-10-18(17)22-19(13)14(2)20-12-15-7-6-8-16(11-15)21-3/h4-11,14,20H,12H2,1-3H3. The Hall–Kier alpha value is -2.26. The van der Waals surface area contributed by atoms with Gasteiger partial charge in [0.2, 0.25) is 0 Å². The van der Waals surface area contributed by atoms with Gasteiger partial charge in [-0.25, -0.2) is 0 Å². The molecular formula is C19H21NO2. The van der Waals surface area contributed by atoms with Gasteiger partial charge in [-0.3, -0.25) is 0 Å². The van der Waals surface area contributed by atoms with Crippen molar-refractivity contribution >= 4 is 11.0 Å². The second-order valence-electron chi connectivity index (χ2n) is 5.54. The Balaban J connectivity index is 1.75. The molecule has 3 aromatic rings. The van der Waals surface area contributed by atoms with Crippen LogP contribution in [0.5, 0.6) is 5.75 Å². The van der Waals surface area contributed by atoms with E-state index in [0.29, 0.717) is 0 Å². The molecule has 0 aliphatic heterocycles. The molecule has 0 bridgehead atoms. The molecule has 3 nitrogen and oxygen atoms in total. The first kappa shape index (κ1) is 14.7. The molecule has 0 saturated carbocycles. The summed E-state index contributed by atoms with van der Waals surface area (Å²) in [7, 11) is 1.69. The van der Waals surface area contributed by atoms with Crippen LogP contribution >= 0.6 is 0 Å². The van der Waals surface area contributed by atoms with Crippen LogP contribution in [0.1, 0.15) is 29.9 Å². The zero-order valence-electron chi connectivity index (χ0n) is 13.2. The normalized spacial score (nSPS) is 12.5. The van der Waals surface area contributed by atoms with Crippen molar-refractivity contribution in [1.82, 2.24) is 5.32 Å². The van der Waals surface area contributed by atoms with Crippen molar-refractivity contribution in [2.24, 2.45) is 0 Å². The maximum Gasteiger partial charge on any atom is 0.134 e. The van der Waals surface area contributed by atoms with Crippen LogP contribution in [0.15, 0.2) is 52.9 Å². The van der Waals surface area contributed by atoms with Crippen LogP contribution in [0.3, 0.4) is 0 Å². The minimum absolute atomic E-state index is 0.151. The van der Waals surface area contributed by atoms with Crippen LogP contribution in [0.25, 0.3) is 11.0 Å². The molecule has 3 rings (SSSR count). The monoisotopic (exact) mass is 295 g/mol. The summed E-state index contributed by atoms with van der Waals surface area (Å²) in [6, 6.07) is 16.4. The fourth-order valence-electron chi connectivity index (χ4n) is 2.75. The van der Waals surface area contributed by atoms with Gasteiger partial charge < -0.3 is 14.5 Å². The molecule has 1 heterocycles. The molecule has 0 fully saturated rings. The maximum atomic E-state index is 6.01. The summed E-state index contributed by atoms with van der Waals surface area (Å²) < 4.78 is 11.3. The Morgan fingerprint density at radius 2 is 1.95 bits per heavy atom. The topological polar surface area (TPSA) is 34.4 Å². The fraction of sp³-hybridized carbons (Fsp3) is 0.263. The summed E-state index contributed by atoms with van der Waals surface area (Å²) in [5.74, 6) is 1.89. The lowest BCUT2D eigenvalue weighted by molar-refractivity contribution is 0.413. The van der Waals surface area contributed by atoms with Gasteiger partial charge in [-0.05, 0) is 43.2 Å². The lowest BCUT2D eigenvalue weighted by atomic mass is 10.1. The lowest BCUT2D eigenvalue weighted by Crippen LogP contribution is -2.18. The van der Waals surface area contributed by atoms with Gasteiger partial charge in [0.05, 0.1) is 13.2 Å². The van der Waals surface area contributed by atoms with E-state index in [1.807, 2.05) is 36.4 Å². The molecule has 0 spiro atoms. The molecule has 1 aromatic heterocycles. The van der Waals surface area contributed by atoms with Gasteiger partial charge in [-0.1, -0.05) is 30.3 Å². The third-order valence-corrected chi connectivity index (χ3v) is 4.02. The molecule has 0 amide bonds. The Bertz CT molecular complexity index is 776. The van der Waals surface area contributed by atoms with E-state index in [4.69, 9.17) is 9.15 Å². The predicted molar refractivity (Wildman–Crippen MR) is 89.2 cm³/mol. The van der Waals surface area contributed by atoms with Gasteiger partial charge in [0.1, 0.15) is 17.1 Å². The van der Waals surface area contributed by atoms with Crippen LogP contribution < -0.4 is 10.1 Å². The van der Waals surface area contributed by atoms with Crippen molar-refractivity contribution in [3.8, 4) is 5.75 Å². The van der Waals surface area contributed by atoms with E-state index in [9.17, 15) is 0 Å². The number of benzene rings is 2. The zero-order chi connectivity index (χ0) is 15.5. The number of methoxy groups -OCH3 is 1. The van der Waals surface area contributed by atoms with Crippen LogP contribution in [-0.2, 0) is 6.54 Å². The molecule has 0 radical (unpaired) electrons. The van der Waals surface area contributed by atoms with Crippen molar-refractivity contribution in [3.05, 3.63) is 65.4 Å². The average molecular weight is 295 g/mol. The van der Waals surface area contributed by atoms with E-state index in [-0.39, 0.29) is 6.04 Å². The Kier molecular flexibility index (Phi) is 4.16. The van der Waals surface area contributed by atoms with E-state index in [1.165, 1.54) is 16.5 Å². The Labute approximate surface area is 130 Å². The smallest absolute Gasteiger partial charge is 0.134 e. The summed E-state index contributed by atoms with van der Waals surface area (Å²) in [5.41, 5.74) is 3.35. The lowest BCUT2D eigenvalue weighted by Gasteiger charge is -2.13. The van der Waals surface area contributed by atoms with Crippen LogP contribution in [0.2, 0.25) is 0 Å². The molecular weight excluding hydrogens is 274 g/mol. The second kappa shape index (κ2) is 6.24. The number of ether oxygens (including phenoxy) is 1. The van der Waals surface area contributed by atoms with Crippen molar-refractivity contribution in [2.45, 2.75) is 26.4 Å². The predicted octanol–water partition coefficient (Wildman–Crippen LogP) is 4.60. The maximum absolute atomic E-state index is 6.01. The van der Waals surface area contributed by atoms with E-state index >= 15 is 0 Å². The minimum Gasteiger partial charge on any atom is -0.497 e. The first-order valence-electron chi connectivity index (χ1n) is 7.53. The van der Waals surface area contributed by atoms with Gasteiger partial charge in [-0.2, -0.15) is 0 Å². The second-order valence-corrected chi connectivity index (χ2v) is 5.54. The largest absolute Gasteiger partial charge is 0.497 e. The number of fused-ring (bicyclic) bond motifs is 1.